The van der Waals surface area contributed by atoms with Crippen molar-refractivity contribution >= 4 is 0 Å². The predicted octanol–water partition coefficient (Wildman–Crippen LogP) is 0.356. The molecule has 0 bridgehead atoms. The van der Waals surface area contributed by atoms with Gasteiger partial charge in [0.25, 0.3) is 0 Å². The summed E-state index contributed by atoms with van der Waals surface area (Å²) in [7, 11) is 0. The molecule has 1 aliphatic heterocycles. The molecule has 1 fully saturated rings. The Labute approximate surface area is 102 Å². The Morgan fingerprint density at radius 2 is 2.59 bits per heavy atom. The molecule has 96 valence electrons. The standard InChI is InChI=1S/C12H22N4O/c1-10(11-2-5-17-8-11)14-6-12-7-16(4-3-13)9-15-12/h7,9-11,14H,2-6,8,13H2,1H3. The van der Waals surface area contributed by atoms with E-state index in [0.717, 1.165) is 38.4 Å². The van der Waals surface area contributed by atoms with Crippen LogP contribution in [0.25, 0.3) is 0 Å². The van der Waals surface area contributed by atoms with E-state index in [4.69, 9.17) is 10.5 Å². The lowest BCUT2D eigenvalue weighted by atomic mass is 10.0. The topological polar surface area (TPSA) is 65.1 Å². The number of nitrogens with zero attached hydrogens (tertiary/aromatic N) is 2. The number of hydrogen-bond acceptors (Lipinski definition) is 4. The van der Waals surface area contributed by atoms with E-state index in [1.807, 2.05) is 10.9 Å². The molecular formula is C12H22N4O. The number of aromatic nitrogens is 2. The fourth-order valence-electron chi connectivity index (χ4n) is 2.15. The molecule has 5 nitrogen and oxygen atoms in total. The fraction of sp³-hybridized carbons (Fsp3) is 0.750. The van der Waals surface area contributed by atoms with Gasteiger partial charge in [-0.3, -0.25) is 0 Å². The van der Waals surface area contributed by atoms with Crippen molar-refractivity contribution in [2.45, 2.75) is 32.5 Å². The van der Waals surface area contributed by atoms with E-state index in [1.165, 1.54) is 0 Å². The number of ether oxygens (including phenoxy) is 1. The van der Waals surface area contributed by atoms with Gasteiger partial charge in [0, 0.05) is 38.5 Å². The van der Waals surface area contributed by atoms with Crippen molar-refractivity contribution in [3.8, 4) is 0 Å². The highest BCUT2D eigenvalue weighted by atomic mass is 16.5. The predicted molar refractivity (Wildman–Crippen MR) is 66.5 cm³/mol. The van der Waals surface area contributed by atoms with Crippen LogP contribution in [-0.2, 0) is 17.8 Å². The molecular weight excluding hydrogens is 216 g/mol. The van der Waals surface area contributed by atoms with Crippen LogP contribution in [0.3, 0.4) is 0 Å². The maximum atomic E-state index is 5.50. The van der Waals surface area contributed by atoms with E-state index in [9.17, 15) is 0 Å². The molecule has 1 aliphatic rings. The first kappa shape index (κ1) is 12.5. The van der Waals surface area contributed by atoms with Crippen LogP contribution in [0.4, 0.5) is 0 Å². The molecule has 0 spiro atoms. The molecule has 0 radical (unpaired) electrons. The molecule has 0 aromatic carbocycles. The largest absolute Gasteiger partial charge is 0.381 e. The van der Waals surface area contributed by atoms with E-state index in [-0.39, 0.29) is 0 Å². The second-order valence-electron chi connectivity index (χ2n) is 4.68. The first-order valence-electron chi connectivity index (χ1n) is 6.31. The third kappa shape index (κ3) is 3.52. The monoisotopic (exact) mass is 238 g/mol. The molecule has 3 N–H and O–H groups in total. The van der Waals surface area contributed by atoms with E-state index >= 15 is 0 Å². The number of nitrogens with two attached hydrogens (primary N) is 1. The zero-order valence-electron chi connectivity index (χ0n) is 10.4. The summed E-state index contributed by atoms with van der Waals surface area (Å²) in [6, 6.07) is 0.483. The molecule has 0 amide bonds. The lowest BCUT2D eigenvalue weighted by Gasteiger charge is -2.18. The maximum absolute atomic E-state index is 5.50. The second-order valence-corrected chi connectivity index (χ2v) is 4.68. The van der Waals surface area contributed by atoms with Gasteiger partial charge < -0.3 is 20.4 Å². The normalized spacial score (nSPS) is 21.9. The Kier molecular flexibility index (Phi) is 4.53. The SMILES string of the molecule is CC(NCc1cn(CCN)cn1)C1CCOC1. The van der Waals surface area contributed by atoms with Crippen molar-refractivity contribution < 1.29 is 4.74 Å². The first-order chi connectivity index (χ1) is 8.29. The van der Waals surface area contributed by atoms with Gasteiger partial charge in [-0.25, -0.2) is 4.98 Å². The van der Waals surface area contributed by atoms with Crippen molar-refractivity contribution in [3.63, 3.8) is 0 Å². The summed E-state index contributed by atoms with van der Waals surface area (Å²) >= 11 is 0. The minimum absolute atomic E-state index is 0.483. The number of nitrogens with one attached hydrogen (secondary N) is 1. The van der Waals surface area contributed by atoms with E-state index in [2.05, 4.69) is 23.4 Å². The Morgan fingerprint density at radius 1 is 1.71 bits per heavy atom. The number of imidazole rings is 1. The molecule has 17 heavy (non-hydrogen) atoms. The molecule has 5 heteroatoms. The number of rotatable bonds is 6. The second kappa shape index (κ2) is 6.14. The summed E-state index contributed by atoms with van der Waals surface area (Å²) in [5.74, 6) is 0.640. The Morgan fingerprint density at radius 3 is 3.29 bits per heavy atom. The van der Waals surface area contributed by atoms with Crippen LogP contribution in [0.5, 0.6) is 0 Å². The van der Waals surface area contributed by atoms with Crippen molar-refractivity contribution in [2.24, 2.45) is 11.7 Å². The highest BCUT2D eigenvalue weighted by Gasteiger charge is 2.21. The van der Waals surface area contributed by atoms with Gasteiger partial charge in [0.2, 0.25) is 0 Å². The van der Waals surface area contributed by atoms with Gasteiger partial charge in [0.15, 0.2) is 0 Å². The van der Waals surface area contributed by atoms with Gasteiger partial charge in [-0.15, -0.1) is 0 Å². The van der Waals surface area contributed by atoms with E-state index in [1.54, 1.807) is 0 Å². The minimum Gasteiger partial charge on any atom is -0.381 e. The molecule has 1 saturated heterocycles. The van der Waals surface area contributed by atoms with Crippen molar-refractivity contribution in [1.29, 1.82) is 0 Å². The lowest BCUT2D eigenvalue weighted by molar-refractivity contribution is 0.178. The average molecular weight is 238 g/mol. The molecule has 0 saturated carbocycles. The van der Waals surface area contributed by atoms with Crippen LogP contribution >= 0.6 is 0 Å². The molecule has 1 aromatic rings. The summed E-state index contributed by atoms with van der Waals surface area (Å²) < 4.78 is 7.42. The molecule has 2 rings (SSSR count). The minimum atomic E-state index is 0.483. The van der Waals surface area contributed by atoms with E-state index in [0.29, 0.717) is 18.5 Å². The Balaban J connectivity index is 1.76. The van der Waals surface area contributed by atoms with Crippen LogP contribution in [0, 0.1) is 5.92 Å². The number of hydrogen-bond donors (Lipinski definition) is 2. The highest BCUT2D eigenvalue weighted by Crippen LogP contribution is 2.16. The van der Waals surface area contributed by atoms with Crippen LogP contribution in [-0.4, -0.2) is 35.4 Å². The first-order valence-corrected chi connectivity index (χ1v) is 6.31. The Hall–Kier alpha value is -0.910. The molecule has 2 atom stereocenters. The van der Waals surface area contributed by atoms with E-state index < -0.39 is 0 Å². The highest BCUT2D eigenvalue weighted by molar-refractivity contribution is 4.96. The van der Waals surface area contributed by atoms with Crippen LogP contribution < -0.4 is 11.1 Å². The van der Waals surface area contributed by atoms with Gasteiger partial charge in [-0.1, -0.05) is 0 Å². The quantitative estimate of drug-likeness (QED) is 0.751. The van der Waals surface area contributed by atoms with Crippen molar-refractivity contribution in [1.82, 2.24) is 14.9 Å². The smallest absolute Gasteiger partial charge is 0.0950 e. The molecule has 2 unspecified atom stereocenters. The lowest BCUT2D eigenvalue weighted by Crippen LogP contribution is -2.33. The van der Waals surface area contributed by atoms with Gasteiger partial charge >= 0.3 is 0 Å². The van der Waals surface area contributed by atoms with Crippen LogP contribution in [0.2, 0.25) is 0 Å². The fourth-order valence-corrected chi connectivity index (χ4v) is 2.15. The summed E-state index contributed by atoms with van der Waals surface area (Å²) in [5.41, 5.74) is 6.57. The Bertz CT molecular complexity index is 333. The average Bonchev–Trinajstić information content (AvgIpc) is 2.97. The van der Waals surface area contributed by atoms with Crippen LogP contribution in [0.1, 0.15) is 19.0 Å². The summed E-state index contributed by atoms with van der Waals surface area (Å²) in [6.07, 6.45) is 5.06. The summed E-state index contributed by atoms with van der Waals surface area (Å²) in [5, 5.41) is 3.51. The van der Waals surface area contributed by atoms with Crippen molar-refractivity contribution in [2.75, 3.05) is 19.8 Å². The van der Waals surface area contributed by atoms with Gasteiger partial charge in [0.05, 0.1) is 18.6 Å². The molecule has 0 aliphatic carbocycles. The van der Waals surface area contributed by atoms with Crippen molar-refractivity contribution in [3.05, 3.63) is 18.2 Å². The zero-order valence-corrected chi connectivity index (χ0v) is 10.4. The summed E-state index contributed by atoms with van der Waals surface area (Å²) in [6.45, 7) is 6.31. The van der Waals surface area contributed by atoms with Crippen LogP contribution in [0.15, 0.2) is 12.5 Å². The van der Waals surface area contributed by atoms with Gasteiger partial charge in [0.1, 0.15) is 0 Å². The summed E-state index contributed by atoms with van der Waals surface area (Å²) in [4.78, 5) is 4.35. The van der Waals surface area contributed by atoms with Gasteiger partial charge in [-0.05, 0) is 19.3 Å². The third-order valence-electron chi connectivity index (χ3n) is 3.35. The molecule has 2 heterocycles. The third-order valence-corrected chi connectivity index (χ3v) is 3.35. The maximum Gasteiger partial charge on any atom is 0.0950 e. The van der Waals surface area contributed by atoms with Gasteiger partial charge in [-0.2, -0.15) is 0 Å². The zero-order chi connectivity index (χ0) is 12.1. The molecule has 1 aromatic heterocycles.